The third-order valence-corrected chi connectivity index (χ3v) is 2.80. The first kappa shape index (κ1) is 13.0. The number of aliphatic hydroxyl groups excluding tert-OH is 1. The number of ether oxygens (including phenoxy) is 1. The molecule has 2 atom stereocenters. The molecule has 0 heterocycles. The number of benzene rings is 1. The molecule has 3 nitrogen and oxygen atoms in total. The lowest BCUT2D eigenvalue weighted by Crippen LogP contribution is -2.34. The molecule has 0 aromatic heterocycles. The molecular formula is C13H21NO2. The zero-order chi connectivity index (χ0) is 12.0. The number of methoxy groups -OCH3 is 1. The Morgan fingerprint density at radius 1 is 1.38 bits per heavy atom. The van der Waals surface area contributed by atoms with Gasteiger partial charge in [0.05, 0.1) is 13.7 Å². The minimum Gasteiger partial charge on any atom is -0.496 e. The van der Waals surface area contributed by atoms with Crippen LogP contribution in [0, 0.1) is 0 Å². The van der Waals surface area contributed by atoms with Crippen LogP contribution < -0.4 is 10.1 Å². The van der Waals surface area contributed by atoms with E-state index in [4.69, 9.17) is 9.84 Å². The summed E-state index contributed by atoms with van der Waals surface area (Å²) < 4.78 is 5.31. The Bertz CT molecular complexity index is 311. The SMILES string of the molecule is CCC(CO)NC(C)c1ccccc1OC. The van der Waals surface area contributed by atoms with Gasteiger partial charge >= 0.3 is 0 Å². The lowest BCUT2D eigenvalue weighted by Gasteiger charge is -2.22. The fourth-order valence-electron chi connectivity index (χ4n) is 1.77. The van der Waals surface area contributed by atoms with Crippen molar-refractivity contribution in [2.45, 2.75) is 32.4 Å². The van der Waals surface area contributed by atoms with Gasteiger partial charge in [0.2, 0.25) is 0 Å². The van der Waals surface area contributed by atoms with Gasteiger partial charge in [-0.05, 0) is 19.4 Å². The standard InChI is InChI=1S/C13H21NO2/c1-4-11(9-15)14-10(2)12-7-5-6-8-13(12)16-3/h5-8,10-11,14-15H,4,9H2,1-3H3. The van der Waals surface area contributed by atoms with Crippen LogP contribution in [0.1, 0.15) is 31.9 Å². The molecule has 90 valence electrons. The molecule has 16 heavy (non-hydrogen) atoms. The average Bonchev–Trinajstić information content (AvgIpc) is 2.35. The Labute approximate surface area is 97.4 Å². The quantitative estimate of drug-likeness (QED) is 0.776. The Morgan fingerprint density at radius 2 is 2.06 bits per heavy atom. The number of para-hydroxylation sites is 1. The smallest absolute Gasteiger partial charge is 0.123 e. The second-order valence-electron chi connectivity index (χ2n) is 3.92. The van der Waals surface area contributed by atoms with Gasteiger partial charge in [-0.15, -0.1) is 0 Å². The van der Waals surface area contributed by atoms with Crippen LogP contribution in [0.2, 0.25) is 0 Å². The lowest BCUT2D eigenvalue weighted by molar-refractivity contribution is 0.229. The molecule has 1 aromatic rings. The molecule has 1 aromatic carbocycles. The maximum absolute atomic E-state index is 9.15. The van der Waals surface area contributed by atoms with Crippen LogP contribution >= 0.6 is 0 Å². The van der Waals surface area contributed by atoms with Gasteiger partial charge in [-0.1, -0.05) is 25.1 Å². The van der Waals surface area contributed by atoms with Crippen molar-refractivity contribution in [3.05, 3.63) is 29.8 Å². The molecule has 0 amide bonds. The number of nitrogens with one attached hydrogen (secondary N) is 1. The van der Waals surface area contributed by atoms with E-state index in [-0.39, 0.29) is 18.7 Å². The first-order valence-corrected chi connectivity index (χ1v) is 5.72. The second kappa shape index (κ2) is 6.51. The van der Waals surface area contributed by atoms with Crippen molar-refractivity contribution < 1.29 is 9.84 Å². The summed E-state index contributed by atoms with van der Waals surface area (Å²) in [5.41, 5.74) is 1.12. The molecule has 0 radical (unpaired) electrons. The van der Waals surface area contributed by atoms with Crippen molar-refractivity contribution in [1.29, 1.82) is 0 Å². The van der Waals surface area contributed by atoms with E-state index in [1.807, 2.05) is 24.3 Å². The molecule has 0 saturated carbocycles. The van der Waals surface area contributed by atoms with Gasteiger partial charge in [0.15, 0.2) is 0 Å². The van der Waals surface area contributed by atoms with Gasteiger partial charge in [-0.25, -0.2) is 0 Å². The van der Waals surface area contributed by atoms with Crippen LogP contribution in [0.4, 0.5) is 0 Å². The van der Waals surface area contributed by atoms with E-state index in [0.29, 0.717) is 0 Å². The van der Waals surface area contributed by atoms with Crippen LogP contribution in [0.15, 0.2) is 24.3 Å². The first-order chi connectivity index (χ1) is 7.72. The molecule has 0 aliphatic rings. The predicted octanol–water partition coefficient (Wildman–Crippen LogP) is 2.12. The Kier molecular flexibility index (Phi) is 5.29. The largest absolute Gasteiger partial charge is 0.496 e. The highest BCUT2D eigenvalue weighted by atomic mass is 16.5. The summed E-state index contributed by atoms with van der Waals surface area (Å²) in [6.45, 7) is 4.30. The normalized spacial score (nSPS) is 14.5. The summed E-state index contributed by atoms with van der Waals surface area (Å²) in [6.07, 6.45) is 0.913. The van der Waals surface area contributed by atoms with E-state index in [0.717, 1.165) is 17.7 Å². The van der Waals surface area contributed by atoms with E-state index < -0.39 is 0 Å². The highest BCUT2D eigenvalue weighted by Crippen LogP contribution is 2.24. The predicted molar refractivity (Wildman–Crippen MR) is 65.7 cm³/mol. The van der Waals surface area contributed by atoms with E-state index in [1.165, 1.54) is 0 Å². The molecule has 3 heteroatoms. The molecule has 0 spiro atoms. The van der Waals surface area contributed by atoms with E-state index in [9.17, 15) is 0 Å². The number of aliphatic hydroxyl groups is 1. The van der Waals surface area contributed by atoms with Crippen molar-refractivity contribution in [3.63, 3.8) is 0 Å². The summed E-state index contributed by atoms with van der Waals surface area (Å²) in [4.78, 5) is 0. The molecule has 0 fully saturated rings. The van der Waals surface area contributed by atoms with E-state index in [1.54, 1.807) is 7.11 Å². The molecule has 1 rings (SSSR count). The fourth-order valence-corrected chi connectivity index (χ4v) is 1.77. The van der Waals surface area contributed by atoms with Gasteiger partial charge in [0, 0.05) is 17.6 Å². The molecule has 2 N–H and O–H groups in total. The fraction of sp³-hybridized carbons (Fsp3) is 0.538. The van der Waals surface area contributed by atoms with Gasteiger partial charge < -0.3 is 15.2 Å². The van der Waals surface area contributed by atoms with Gasteiger partial charge in [0.25, 0.3) is 0 Å². The number of rotatable bonds is 6. The molecule has 0 saturated heterocycles. The van der Waals surface area contributed by atoms with Crippen molar-refractivity contribution in [2.75, 3.05) is 13.7 Å². The summed E-state index contributed by atoms with van der Waals surface area (Å²) in [5, 5.41) is 12.5. The van der Waals surface area contributed by atoms with Crippen LogP contribution in [-0.4, -0.2) is 24.9 Å². The molecule has 2 unspecified atom stereocenters. The maximum atomic E-state index is 9.15. The number of hydrogen-bond acceptors (Lipinski definition) is 3. The molecule has 0 aliphatic carbocycles. The molecule has 0 aliphatic heterocycles. The minimum absolute atomic E-state index is 0.139. The van der Waals surface area contributed by atoms with Crippen molar-refractivity contribution in [3.8, 4) is 5.75 Å². The zero-order valence-corrected chi connectivity index (χ0v) is 10.2. The number of hydrogen-bond donors (Lipinski definition) is 2. The van der Waals surface area contributed by atoms with Gasteiger partial charge in [0.1, 0.15) is 5.75 Å². The summed E-state index contributed by atoms with van der Waals surface area (Å²) >= 11 is 0. The van der Waals surface area contributed by atoms with Crippen LogP contribution in [0.25, 0.3) is 0 Å². The monoisotopic (exact) mass is 223 g/mol. The summed E-state index contributed by atoms with van der Waals surface area (Å²) in [5.74, 6) is 0.885. The van der Waals surface area contributed by atoms with E-state index >= 15 is 0 Å². The van der Waals surface area contributed by atoms with Crippen LogP contribution in [-0.2, 0) is 0 Å². The highest BCUT2D eigenvalue weighted by molar-refractivity contribution is 5.35. The van der Waals surface area contributed by atoms with Crippen LogP contribution in [0.5, 0.6) is 5.75 Å². The average molecular weight is 223 g/mol. The topological polar surface area (TPSA) is 41.5 Å². The Hall–Kier alpha value is -1.06. The third-order valence-electron chi connectivity index (χ3n) is 2.80. The summed E-state index contributed by atoms with van der Waals surface area (Å²) in [7, 11) is 1.68. The maximum Gasteiger partial charge on any atom is 0.123 e. The molecule has 0 bridgehead atoms. The van der Waals surface area contributed by atoms with Crippen molar-refractivity contribution in [2.24, 2.45) is 0 Å². The summed E-state index contributed by atoms with van der Waals surface area (Å²) in [6, 6.07) is 8.26. The molecular weight excluding hydrogens is 202 g/mol. The van der Waals surface area contributed by atoms with Gasteiger partial charge in [-0.2, -0.15) is 0 Å². The van der Waals surface area contributed by atoms with Crippen molar-refractivity contribution in [1.82, 2.24) is 5.32 Å². The lowest BCUT2D eigenvalue weighted by atomic mass is 10.1. The Morgan fingerprint density at radius 3 is 2.62 bits per heavy atom. The van der Waals surface area contributed by atoms with Crippen LogP contribution in [0.3, 0.4) is 0 Å². The second-order valence-corrected chi connectivity index (χ2v) is 3.92. The minimum atomic E-state index is 0.139. The third kappa shape index (κ3) is 3.22. The van der Waals surface area contributed by atoms with Crippen molar-refractivity contribution >= 4 is 0 Å². The highest BCUT2D eigenvalue weighted by Gasteiger charge is 2.13. The zero-order valence-electron chi connectivity index (χ0n) is 10.2. The first-order valence-electron chi connectivity index (χ1n) is 5.72. The van der Waals surface area contributed by atoms with E-state index in [2.05, 4.69) is 19.2 Å². The van der Waals surface area contributed by atoms with Gasteiger partial charge in [-0.3, -0.25) is 0 Å². The Balaban J connectivity index is 2.75.